The zero-order chi connectivity index (χ0) is 14.7. The van der Waals surface area contributed by atoms with Crippen molar-refractivity contribution in [3.05, 3.63) is 0 Å². The van der Waals surface area contributed by atoms with Gasteiger partial charge in [0.15, 0.2) is 0 Å². The first kappa shape index (κ1) is 14.8. The molecule has 6 atom stereocenters. The Morgan fingerprint density at radius 3 is 2.60 bits per heavy atom. The van der Waals surface area contributed by atoms with Crippen molar-refractivity contribution in [1.82, 2.24) is 4.90 Å². The second kappa shape index (κ2) is 4.96. The monoisotopic (exact) mass is 281 g/mol. The lowest BCUT2D eigenvalue weighted by molar-refractivity contribution is -0.237. The van der Waals surface area contributed by atoms with Gasteiger partial charge in [0.05, 0.1) is 12.2 Å². The molecule has 2 aliphatic heterocycles. The summed E-state index contributed by atoms with van der Waals surface area (Å²) in [5, 5.41) is 10.7. The molecule has 2 heterocycles. The fraction of sp³-hybridized carbons (Fsp3) is 1.00. The molecule has 0 radical (unpaired) electrons. The lowest BCUT2D eigenvalue weighted by Gasteiger charge is -2.55. The SMILES string of the molecule is CC(C)[C@@H]1CN2[C@@H](O[C@@H]3C[C@H](C)CC[C@H]3C2(C)C)[C@@H]1O. The summed E-state index contributed by atoms with van der Waals surface area (Å²) in [6, 6.07) is 0. The van der Waals surface area contributed by atoms with Gasteiger partial charge in [-0.3, -0.25) is 4.90 Å². The number of hydrogen-bond donors (Lipinski definition) is 1. The largest absolute Gasteiger partial charge is 0.389 e. The molecule has 3 heteroatoms. The van der Waals surface area contributed by atoms with Crippen molar-refractivity contribution in [3.63, 3.8) is 0 Å². The van der Waals surface area contributed by atoms with Gasteiger partial charge in [-0.1, -0.05) is 27.2 Å². The van der Waals surface area contributed by atoms with E-state index in [0.29, 0.717) is 23.9 Å². The van der Waals surface area contributed by atoms with Crippen LogP contribution in [-0.4, -0.2) is 40.5 Å². The normalized spacial score (nSPS) is 48.1. The third-order valence-electron chi connectivity index (χ3n) is 6.32. The molecule has 3 fully saturated rings. The van der Waals surface area contributed by atoms with Gasteiger partial charge in [0.1, 0.15) is 6.23 Å². The topological polar surface area (TPSA) is 32.7 Å². The van der Waals surface area contributed by atoms with Crippen LogP contribution in [0.25, 0.3) is 0 Å². The van der Waals surface area contributed by atoms with Crippen molar-refractivity contribution in [2.24, 2.45) is 23.7 Å². The Balaban J connectivity index is 1.86. The molecular formula is C17H31NO2. The van der Waals surface area contributed by atoms with E-state index in [-0.39, 0.29) is 17.9 Å². The standard InChI is InChI=1S/C17H31NO2/c1-10(2)12-9-18-16(15(12)19)20-14-8-11(3)6-7-13(14)17(18,4)5/h10-16,19H,6-9H2,1-5H3/t11-,12+,13-,14-,15-,16+/m1/s1. The van der Waals surface area contributed by atoms with E-state index in [1.54, 1.807) is 0 Å². The fourth-order valence-corrected chi connectivity index (χ4v) is 4.84. The number of aliphatic hydroxyl groups excluding tert-OH is 1. The summed E-state index contributed by atoms with van der Waals surface area (Å²) in [5.74, 6) is 2.24. The van der Waals surface area contributed by atoms with Crippen LogP contribution in [0.15, 0.2) is 0 Å². The third kappa shape index (κ3) is 2.13. The van der Waals surface area contributed by atoms with E-state index < -0.39 is 0 Å². The van der Waals surface area contributed by atoms with Crippen LogP contribution >= 0.6 is 0 Å². The molecule has 116 valence electrons. The summed E-state index contributed by atoms with van der Waals surface area (Å²) in [5.41, 5.74) is 0.151. The number of nitrogens with zero attached hydrogens (tertiary/aromatic N) is 1. The summed E-state index contributed by atoms with van der Waals surface area (Å²) in [4.78, 5) is 2.46. The molecule has 0 aromatic heterocycles. The van der Waals surface area contributed by atoms with Crippen LogP contribution in [0.4, 0.5) is 0 Å². The Bertz CT molecular complexity index is 368. The number of hydrogen-bond acceptors (Lipinski definition) is 3. The summed E-state index contributed by atoms with van der Waals surface area (Å²) >= 11 is 0. The molecule has 1 saturated carbocycles. The predicted octanol–water partition coefficient (Wildman–Crippen LogP) is 2.87. The van der Waals surface area contributed by atoms with Gasteiger partial charge >= 0.3 is 0 Å². The number of aliphatic hydroxyl groups is 1. The second-order valence-electron chi connectivity index (χ2n) is 8.29. The molecule has 1 N–H and O–H groups in total. The van der Waals surface area contributed by atoms with Crippen LogP contribution in [0.1, 0.15) is 53.9 Å². The van der Waals surface area contributed by atoms with Gasteiger partial charge in [-0.2, -0.15) is 0 Å². The quantitative estimate of drug-likeness (QED) is 0.802. The van der Waals surface area contributed by atoms with Gasteiger partial charge < -0.3 is 9.84 Å². The van der Waals surface area contributed by atoms with Gasteiger partial charge in [-0.15, -0.1) is 0 Å². The maximum absolute atomic E-state index is 10.7. The van der Waals surface area contributed by atoms with Crippen molar-refractivity contribution in [3.8, 4) is 0 Å². The molecule has 0 bridgehead atoms. The lowest BCUT2D eigenvalue weighted by atomic mass is 9.70. The maximum Gasteiger partial charge on any atom is 0.137 e. The third-order valence-corrected chi connectivity index (χ3v) is 6.32. The highest BCUT2D eigenvalue weighted by molar-refractivity contribution is 5.06. The number of rotatable bonds is 1. The minimum Gasteiger partial charge on any atom is -0.389 e. The molecule has 0 spiro atoms. The Hall–Kier alpha value is -0.120. The molecule has 3 aliphatic rings. The summed E-state index contributed by atoms with van der Waals surface area (Å²) in [6.45, 7) is 12.5. The molecule has 0 unspecified atom stereocenters. The minimum atomic E-state index is -0.326. The van der Waals surface area contributed by atoms with Crippen molar-refractivity contribution < 1.29 is 9.84 Å². The Morgan fingerprint density at radius 1 is 1.25 bits per heavy atom. The van der Waals surface area contributed by atoms with Gasteiger partial charge in [-0.25, -0.2) is 0 Å². The molecule has 3 rings (SSSR count). The summed E-state index contributed by atoms with van der Waals surface area (Å²) in [6.07, 6.45) is 3.69. The summed E-state index contributed by atoms with van der Waals surface area (Å²) < 4.78 is 6.39. The number of ether oxygens (including phenoxy) is 1. The fourth-order valence-electron chi connectivity index (χ4n) is 4.84. The molecule has 3 nitrogen and oxygen atoms in total. The van der Waals surface area contributed by atoms with Crippen LogP contribution in [0.3, 0.4) is 0 Å². The highest BCUT2D eigenvalue weighted by Crippen LogP contribution is 2.49. The highest BCUT2D eigenvalue weighted by Gasteiger charge is 2.57. The average molecular weight is 281 g/mol. The van der Waals surface area contributed by atoms with Crippen molar-refractivity contribution >= 4 is 0 Å². The van der Waals surface area contributed by atoms with Crippen molar-refractivity contribution in [2.75, 3.05) is 6.54 Å². The van der Waals surface area contributed by atoms with Crippen molar-refractivity contribution in [1.29, 1.82) is 0 Å². The first-order valence-electron chi connectivity index (χ1n) is 8.42. The van der Waals surface area contributed by atoms with E-state index in [2.05, 4.69) is 39.5 Å². The zero-order valence-electron chi connectivity index (χ0n) is 13.7. The molecule has 20 heavy (non-hydrogen) atoms. The van der Waals surface area contributed by atoms with E-state index in [0.717, 1.165) is 18.9 Å². The predicted molar refractivity (Wildman–Crippen MR) is 80.3 cm³/mol. The van der Waals surface area contributed by atoms with Gasteiger partial charge in [0.2, 0.25) is 0 Å². The minimum absolute atomic E-state index is 0.0797. The lowest BCUT2D eigenvalue weighted by Crippen LogP contribution is -2.64. The molecule has 0 aromatic rings. The van der Waals surface area contributed by atoms with Crippen LogP contribution in [-0.2, 0) is 4.74 Å². The summed E-state index contributed by atoms with van der Waals surface area (Å²) in [7, 11) is 0. The maximum atomic E-state index is 10.7. The van der Waals surface area contributed by atoms with Crippen LogP contribution < -0.4 is 0 Å². The van der Waals surface area contributed by atoms with E-state index >= 15 is 0 Å². The molecular weight excluding hydrogens is 250 g/mol. The zero-order valence-corrected chi connectivity index (χ0v) is 13.7. The van der Waals surface area contributed by atoms with Gasteiger partial charge in [-0.05, 0) is 38.5 Å². The molecule has 1 aliphatic carbocycles. The Kier molecular flexibility index (Phi) is 3.67. The van der Waals surface area contributed by atoms with Gasteiger partial charge in [0.25, 0.3) is 0 Å². The average Bonchev–Trinajstić information content (AvgIpc) is 2.67. The first-order chi connectivity index (χ1) is 9.32. The second-order valence-corrected chi connectivity index (χ2v) is 8.29. The van der Waals surface area contributed by atoms with E-state index in [4.69, 9.17) is 4.74 Å². The number of fused-ring (bicyclic) bond motifs is 2. The van der Waals surface area contributed by atoms with Crippen LogP contribution in [0.2, 0.25) is 0 Å². The first-order valence-corrected chi connectivity index (χ1v) is 8.42. The Morgan fingerprint density at radius 2 is 1.95 bits per heavy atom. The van der Waals surface area contributed by atoms with E-state index in [1.807, 2.05) is 0 Å². The molecule has 0 amide bonds. The molecule has 2 saturated heterocycles. The Labute approximate surface area is 123 Å². The smallest absolute Gasteiger partial charge is 0.137 e. The van der Waals surface area contributed by atoms with E-state index in [1.165, 1.54) is 12.8 Å². The van der Waals surface area contributed by atoms with Crippen molar-refractivity contribution in [2.45, 2.75) is 77.9 Å². The molecule has 0 aromatic carbocycles. The highest BCUT2D eigenvalue weighted by atomic mass is 16.5. The van der Waals surface area contributed by atoms with E-state index in [9.17, 15) is 5.11 Å². The van der Waals surface area contributed by atoms with Gasteiger partial charge in [0, 0.05) is 23.9 Å². The van der Waals surface area contributed by atoms with Crippen LogP contribution in [0, 0.1) is 23.7 Å². The van der Waals surface area contributed by atoms with Crippen LogP contribution in [0.5, 0.6) is 0 Å².